The number of benzene rings is 1. The number of hydrogen-bond acceptors (Lipinski definition) is 5. The number of carbonyl (C=O) groups excluding carboxylic acids is 1. The Morgan fingerprint density at radius 1 is 1.13 bits per heavy atom. The van der Waals surface area contributed by atoms with Gasteiger partial charge in [-0.1, -0.05) is 0 Å². The van der Waals surface area contributed by atoms with Gasteiger partial charge >= 0.3 is 0 Å². The minimum absolute atomic E-state index is 0.199. The van der Waals surface area contributed by atoms with E-state index in [2.05, 4.69) is 20.4 Å². The number of aryl methyl sites for hydroxylation is 2. The number of pyridine rings is 2. The SMILES string of the molecule is Cc1cc(NC(=O)c2cc3cnn(C(C)C)c3nc2C)ccc1Oc1cccnc1. The van der Waals surface area contributed by atoms with Gasteiger partial charge in [-0.25, -0.2) is 9.67 Å². The predicted octanol–water partition coefficient (Wildman–Crippen LogP) is 5.07. The summed E-state index contributed by atoms with van der Waals surface area (Å²) in [5.41, 5.74) is 3.56. The third kappa shape index (κ3) is 3.87. The van der Waals surface area contributed by atoms with Crippen molar-refractivity contribution < 1.29 is 9.53 Å². The molecule has 4 aromatic rings. The smallest absolute Gasteiger partial charge is 0.257 e. The molecule has 3 heterocycles. The average Bonchev–Trinajstić information content (AvgIpc) is 3.13. The van der Waals surface area contributed by atoms with Crippen molar-refractivity contribution in [3.63, 3.8) is 0 Å². The zero-order valence-electron chi connectivity index (χ0n) is 17.4. The second-order valence-corrected chi connectivity index (χ2v) is 7.44. The summed E-state index contributed by atoms with van der Waals surface area (Å²) in [5, 5.41) is 8.17. The monoisotopic (exact) mass is 401 g/mol. The van der Waals surface area contributed by atoms with E-state index in [4.69, 9.17) is 4.74 Å². The van der Waals surface area contributed by atoms with Crippen LogP contribution in [0.5, 0.6) is 11.5 Å². The molecule has 0 radical (unpaired) electrons. The Morgan fingerprint density at radius 2 is 1.97 bits per heavy atom. The van der Waals surface area contributed by atoms with E-state index in [0.717, 1.165) is 16.6 Å². The molecule has 0 saturated carbocycles. The predicted molar refractivity (Wildman–Crippen MR) is 116 cm³/mol. The molecule has 0 atom stereocenters. The number of nitrogens with one attached hydrogen (secondary N) is 1. The van der Waals surface area contributed by atoms with Crippen LogP contribution in [-0.4, -0.2) is 25.7 Å². The first-order valence-electron chi connectivity index (χ1n) is 9.77. The summed E-state index contributed by atoms with van der Waals surface area (Å²) < 4.78 is 7.70. The number of rotatable bonds is 5. The molecule has 3 aromatic heterocycles. The van der Waals surface area contributed by atoms with Crippen LogP contribution in [0.25, 0.3) is 11.0 Å². The molecule has 7 heteroatoms. The van der Waals surface area contributed by atoms with Crippen LogP contribution < -0.4 is 10.1 Å². The van der Waals surface area contributed by atoms with Gasteiger partial charge in [0, 0.05) is 23.3 Å². The van der Waals surface area contributed by atoms with Crippen molar-refractivity contribution in [2.45, 2.75) is 33.7 Å². The minimum atomic E-state index is -0.209. The fraction of sp³-hybridized carbons (Fsp3) is 0.217. The first kappa shape index (κ1) is 19.6. The molecule has 0 spiro atoms. The molecule has 0 aliphatic heterocycles. The van der Waals surface area contributed by atoms with E-state index in [9.17, 15) is 4.79 Å². The normalized spacial score (nSPS) is 11.1. The van der Waals surface area contributed by atoms with Gasteiger partial charge in [-0.3, -0.25) is 9.78 Å². The van der Waals surface area contributed by atoms with Crippen molar-refractivity contribution in [3.05, 3.63) is 71.8 Å². The van der Waals surface area contributed by atoms with E-state index < -0.39 is 0 Å². The van der Waals surface area contributed by atoms with E-state index in [1.165, 1.54) is 0 Å². The highest BCUT2D eigenvalue weighted by molar-refractivity contribution is 6.06. The molecule has 0 aliphatic rings. The van der Waals surface area contributed by atoms with Crippen molar-refractivity contribution in [2.24, 2.45) is 0 Å². The minimum Gasteiger partial charge on any atom is -0.455 e. The largest absolute Gasteiger partial charge is 0.455 e. The van der Waals surface area contributed by atoms with Crippen LogP contribution in [0.1, 0.15) is 41.5 Å². The molecule has 1 amide bonds. The van der Waals surface area contributed by atoms with Crippen molar-refractivity contribution in [1.29, 1.82) is 0 Å². The Hall–Kier alpha value is -3.74. The van der Waals surface area contributed by atoms with E-state index in [1.54, 1.807) is 18.6 Å². The van der Waals surface area contributed by atoms with Gasteiger partial charge in [0.25, 0.3) is 5.91 Å². The zero-order chi connectivity index (χ0) is 21.3. The van der Waals surface area contributed by atoms with Crippen LogP contribution in [0, 0.1) is 13.8 Å². The highest BCUT2D eigenvalue weighted by Gasteiger charge is 2.16. The van der Waals surface area contributed by atoms with Crippen molar-refractivity contribution in [2.75, 3.05) is 5.32 Å². The Kier molecular flexibility index (Phi) is 5.18. The lowest BCUT2D eigenvalue weighted by molar-refractivity contribution is 0.102. The van der Waals surface area contributed by atoms with Crippen LogP contribution in [0.3, 0.4) is 0 Å². The van der Waals surface area contributed by atoms with Crippen molar-refractivity contribution in [3.8, 4) is 11.5 Å². The van der Waals surface area contributed by atoms with Crippen LogP contribution in [0.4, 0.5) is 5.69 Å². The number of carbonyl (C=O) groups is 1. The lowest BCUT2D eigenvalue weighted by atomic mass is 10.1. The molecule has 1 N–H and O–H groups in total. The van der Waals surface area contributed by atoms with Crippen LogP contribution in [-0.2, 0) is 0 Å². The Labute approximate surface area is 174 Å². The first-order chi connectivity index (χ1) is 14.4. The number of nitrogens with zero attached hydrogens (tertiary/aromatic N) is 4. The van der Waals surface area contributed by atoms with Gasteiger partial charge in [0.1, 0.15) is 11.5 Å². The Morgan fingerprint density at radius 3 is 2.67 bits per heavy atom. The number of hydrogen-bond donors (Lipinski definition) is 1. The van der Waals surface area contributed by atoms with Crippen LogP contribution in [0.2, 0.25) is 0 Å². The van der Waals surface area contributed by atoms with Crippen molar-refractivity contribution in [1.82, 2.24) is 19.7 Å². The summed E-state index contributed by atoms with van der Waals surface area (Å²) in [5.74, 6) is 1.16. The number of amides is 1. The summed E-state index contributed by atoms with van der Waals surface area (Å²) in [6.45, 7) is 7.87. The maximum absolute atomic E-state index is 12.9. The molecular weight excluding hydrogens is 378 g/mol. The summed E-state index contributed by atoms with van der Waals surface area (Å²) in [7, 11) is 0. The van der Waals surface area contributed by atoms with Gasteiger partial charge in [-0.2, -0.15) is 5.10 Å². The standard InChI is InChI=1S/C23H23N5O2/c1-14(2)28-22-17(12-25-28)11-20(16(4)26-22)23(29)27-18-7-8-21(15(3)10-18)30-19-6-5-9-24-13-19/h5-14H,1-4H3,(H,27,29). The van der Waals surface area contributed by atoms with E-state index in [1.807, 2.05) is 68.8 Å². The van der Waals surface area contributed by atoms with Gasteiger partial charge in [0.05, 0.1) is 23.7 Å². The number of aromatic nitrogens is 4. The van der Waals surface area contributed by atoms with Crippen LogP contribution >= 0.6 is 0 Å². The lowest BCUT2D eigenvalue weighted by Crippen LogP contribution is -2.14. The highest BCUT2D eigenvalue weighted by atomic mass is 16.5. The fourth-order valence-electron chi connectivity index (χ4n) is 3.25. The highest BCUT2D eigenvalue weighted by Crippen LogP contribution is 2.27. The molecule has 0 fully saturated rings. The zero-order valence-corrected chi connectivity index (χ0v) is 17.4. The van der Waals surface area contributed by atoms with Gasteiger partial charge in [-0.15, -0.1) is 0 Å². The van der Waals surface area contributed by atoms with E-state index in [0.29, 0.717) is 28.4 Å². The molecular formula is C23H23N5O2. The number of ether oxygens (including phenoxy) is 1. The quantitative estimate of drug-likeness (QED) is 0.505. The van der Waals surface area contributed by atoms with Gasteiger partial charge in [-0.05, 0) is 69.7 Å². The van der Waals surface area contributed by atoms with E-state index >= 15 is 0 Å². The second-order valence-electron chi connectivity index (χ2n) is 7.44. The van der Waals surface area contributed by atoms with Gasteiger partial charge in [0.15, 0.2) is 5.65 Å². The van der Waals surface area contributed by atoms with Crippen LogP contribution in [0.15, 0.2) is 55.0 Å². The topological polar surface area (TPSA) is 81.9 Å². The molecule has 30 heavy (non-hydrogen) atoms. The van der Waals surface area contributed by atoms with Crippen molar-refractivity contribution >= 4 is 22.6 Å². The van der Waals surface area contributed by atoms with Gasteiger partial charge < -0.3 is 10.1 Å². The summed E-state index contributed by atoms with van der Waals surface area (Å²) >= 11 is 0. The molecule has 7 nitrogen and oxygen atoms in total. The Balaban J connectivity index is 1.55. The third-order valence-corrected chi connectivity index (χ3v) is 4.79. The maximum atomic E-state index is 12.9. The second kappa shape index (κ2) is 7.94. The summed E-state index contributed by atoms with van der Waals surface area (Å²) in [6.07, 6.45) is 5.09. The molecule has 0 bridgehead atoms. The first-order valence-corrected chi connectivity index (χ1v) is 9.77. The molecule has 152 valence electrons. The molecule has 0 unspecified atom stereocenters. The molecule has 0 aliphatic carbocycles. The summed E-state index contributed by atoms with van der Waals surface area (Å²) in [6, 6.07) is 11.2. The number of fused-ring (bicyclic) bond motifs is 1. The average molecular weight is 401 g/mol. The molecule has 4 rings (SSSR count). The lowest BCUT2D eigenvalue weighted by Gasteiger charge is -2.12. The fourth-order valence-corrected chi connectivity index (χ4v) is 3.25. The molecule has 0 saturated heterocycles. The Bertz CT molecular complexity index is 1220. The third-order valence-electron chi connectivity index (χ3n) is 4.79. The molecule has 1 aromatic carbocycles. The number of anilines is 1. The maximum Gasteiger partial charge on any atom is 0.257 e. The van der Waals surface area contributed by atoms with Gasteiger partial charge in [0.2, 0.25) is 0 Å². The summed E-state index contributed by atoms with van der Waals surface area (Å²) in [4.78, 5) is 21.5. The van der Waals surface area contributed by atoms with E-state index in [-0.39, 0.29) is 11.9 Å².